The minimum atomic E-state index is -0.809. The molecule has 0 saturated carbocycles. The maximum absolute atomic E-state index is 11.6. The van der Waals surface area contributed by atoms with E-state index in [9.17, 15) is 9.59 Å². The SMILES string of the molecule is O=C(Cl)N1CCN(N=C2CC=C(Cl)O2)C1=O. The minimum absolute atomic E-state index is 0.221. The molecule has 1 fully saturated rings. The van der Waals surface area contributed by atoms with E-state index in [1.165, 1.54) is 0 Å². The number of amides is 3. The van der Waals surface area contributed by atoms with Crippen LogP contribution in [0, 0.1) is 0 Å². The summed E-state index contributed by atoms with van der Waals surface area (Å²) in [7, 11) is 0. The Kier molecular flexibility index (Phi) is 3.02. The highest BCUT2D eigenvalue weighted by Crippen LogP contribution is 2.18. The lowest BCUT2D eigenvalue weighted by Crippen LogP contribution is -2.31. The maximum Gasteiger partial charge on any atom is 0.348 e. The lowest BCUT2D eigenvalue weighted by Gasteiger charge is -2.10. The van der Waals surface area contributed by atoms with Crippen molar-refractivity contribution >= 4 is 40.5 Å². The molecule has 2 aliphatic rings. The topological polar surface area (TPSA) is 62.2 Å². The van der Waals surface area contributed by atoms with Crippen molar-refractivity contribution in [2.24, 2.45) is 5.10 Å². The highest BCUT2D eigenvalue weighted by Gasteiger charge is 2.33. The van der Waals surface area contributed by atoms with Crippen molar-refractivity contribution in [3.05, 3.63) is 11.3 Å². The number of urea groups is 1. The first-order valence-corrected chi connectivity index (χ1v) is 5.23. The monoisotopic (exact) mass is 263 g/mol. The van der Waals surface area contributed by atoms with E-state index < -0.39 is 11.4 Å². The molecule has 2 rings (SSSR count). The number of hydrazone groups is 1. The van der Waals surface area contributed by atoms with Crippen LogP contribution in [-0.4, -0.2) is 40.3 Å². The van der Waals surface area contributed by atoms with Gasteiger partial charge in [-0.25, -0.2) is 14.7 Å². The number of hydrogen-bond donors (Lipinski definition) is 0. The molecule has 0 spiro atoms. The summed E-state index contributed by atoms with van der Waals surface area (Å²) in [6, 6.07) is -0.556. The van der Waals surface area contributed by atoms with Crippen molar-refractivity contribution in [2.75, 3.05) is 13.1 Å². The molecule has 8 heteroatoms. The molecule has 0 aromatic heterocycles. The zero-order valence-electron chi connectivity index (χ0n) is 8.02. The summed E-state index contributed by atoms with van der Waals surface area (Å²) >= 11 is 10.8. The molecule has 86 valence electrons. The number of hydrogen-bond acceptors (Lipinski definition) is 4. The summed E-state index contributed by atoms with van der Waals surface area (Å²) < 4.78 is 5.01. The summed E-state index contributed by atoms with van der Waals surface area (Å²) in [5.74, 6) is 0.322. The summed E-state index contributed by atoms with van der Waals surface area (Å²) in [5, 5.41) is 4.48. The molecule has 0 aromatic carbocycles. The average Bonchev–Trinajstić information content (AvgIpc) is 2.76. The molecule has 0 aliphatic carbocycles. The van der Waals surface area contributed by atoms with Crippen molar-refractivity contribution < 1.29 is 14.3 Å². The van der Waals surface area contributed by atoms with Gasteiger partial charge in [-0.15, -0.1) is 5.10 Å². The van der Waals surface area contributed by atoms with Crippen LogP contribution in [0.15, 0.2) is 16.4 Å². The second-order valence-corrected chi connectivity index (χ2v) is 3.81. The van der Waals surface area contributed by atoms with Gasteiger partial charge in [-0.3, -0.25) is 4.79 Å². The van der Waals surface area contributed by atoms with Crippen LogP contribution in [0.1, 0.15) is 6.42 Å². The fraction of sp³-hybridized carbons (Fsp3) is 0.375. The second-order valence-electron chi connectivity index (χ2n) is 3.12. The molecule has 16 heavy (non-hydrogen) atoms. The minimum Gasteiger partial charge on any atom is -0.429 e. The van der Waals surface area contributed by atoms with Gasteiger partial charge < -0.3 is 4.74 Å². The molecule has 2 heterocycles. The summed E-state index contributed by atoms with van der Waals surface area (Å²) in [5.41, 5.74) is 0. The van der Waals surface area contributed by atoms with Gasteiger partial charge in [0.25, 0.3) is 0 Å². The number of ether oxygens (including phenoxy) is 1. The van der Waals surface area contributed by atoms with Crippen LogP contribution in [0.3, 0.4) is 0 Å². The summed E-state index contributed by atoms with van der Waals surface area (Å²) in [6.07, 6.45) is 2.06. The maximum atomic E-state index is 11.6. The first kappa shape index (κ1) is 11.2. The van der Waals surface area contributed by atoms with E-state index in [1.807, 2.05) is 0 Å². The van der Waals surface area contributed by atoms with Crippen molar-refractivity contribution in [1.29, 1.82) is 0 Å². The lowest BCUT2D eigenvalue weighted by molar-refractivity contribution is 0.194. The normalized spacial score (nSPS) is 22.8. The smallest absolute Gasteiger partial charge is 0.348 e. The largest absolute Gasteiger partial charge is 0.429 e. The highest BCUT2D eigenvalue weighted by atomic mass is 35.5. The van der Waals surface area contributed by atoms with E-state index in [2.05, 4.69) is 5.10 Å². The number of imide groups is 1. The molecule has 0 radical (unpaired) electrons. The van der Waals surface area contributed by atoms with E-state index in [4.69, 9.17) is 27.9 Å². The molecule has 1 saturated heterocycles. The van der Waals surface area contributed by atoms with Gasteiger partial charge in [0.1, 0.15) is 0 Å². The number of carbonyl (C=O) groups excluding carboxylic acids is 2. The summed E-state index contributed by atoms with van der Waals surface area (Å²) in [4.78, 5) is 23.3. The van der Waals surface area contributed by atoms with Gasteiger partial charge in [-0.05, 0) is 29.3 Å². The fourth-order valence-electron chi connectivity index (χ4n) is 1.34. The van der Waals surface area contributed by atoms with E-state index in [-0.39, 0.29) is 11.8 Å². The van der Waals surface area contributed by atoms with E-state index in [1.54, 1.807) is 6.08 Å². The molecule has 2 aliphatic heterocycles. The quantitative estimate of drug-likeness (QED) is 0.536. The van der Waals surface area contributed by atoms with Crippen LogP contribution in [-0.2, 0) is 4.74 Å². The van der Waals surface area contributed by atoms with Gasteiger partial charge in [0.15, 0.2) is 5.22 Å². The average molecular weight is 264 g/mol. The van der Waals surface area contributed by atoms with Crippen LogP contribution < -0.4 is 0 Å². The van der Waals surface area contributed by atoms with Gasteiger partial charge in [0, 0.05) is 6.42 Å². The fourth-order valence-corrected chi connectivity index (χ4v) is 1.66. The first-order chi connectivity index (χ1) is 7.58. The predicted molar refractivity (Wildman–Crippen MR) is 57.1 cm³/mol. The van der Waals surface area contributed by atoms with Gasteiger partial charge in [-0.2, -0.15) is 0 Å². The van der Waals surface area contributed by atoms with Gasteiger partial charge in [0.2, 0.25) is 5.90 Å². The first-order valence-electron chi connectivity index (χ1n) is 4.47. The van der Waals surface area contributed by atoms with Crippen LogP contribution >= 0.6 is 23.2 Å². The van der Waals surface area contributed by atoms with E-state index >= 15 is 0 Å². The number of carbonyl (C=O) groups is 2. The molecule has 0 aromatic rings. The third-order valence-corrected chi connectivity index (χ3v) is 2.52. The lowest BCUT2D eigenvalue weighted by atomic mass is 10.5. The molecule has 0 bridgehead atoms. The Hall–Kier alpha value is -1.27. The van der Waals surface area contributed by atoms with E-state index in [0.717, 1.165) is 9.91 Å². The van der Waals surface area contributed by atoms with Crippen molar-refractivity contribution in [1.82, 2.24) is 9.91 Å². The van der Waals surface area contributed by atoms with E-state index in [0.29, 0.717) is 18.9 Å². The van der Waals surface area contributed by atoms with Crippen LogP contribution in [0.5, 0.6) is 0 Å². The Labute approximate surface area is 101 Å². The summed E-state index contributed by atoms with van der Waals surface area (Å²) in [6.45, 7) is 0.515. The Morgan fingerprint density at radius 2 is 2.25 bits per heavy atom. The zero-order chi connectivity index (χ0) is 11.7. The molecule has 6 nitrogen and oxygen atoms in total. The van der Waals surface area contributed by atoms with Crippen molar-refractivity contribution in [3.8, 4) is 0 Å². The Balaban J connectivity index is 2.03. The van der Waals surface area contributed by atoms with Crippen molar-refractivity contribution in [2.45, 2.75) is 6.42 Å². The standard InChI is InChI=1S/C8H7Cl2N3O3/c9-5-1-2-6(16-5)11-13-4-3-12(7(10)14)8(13)15/h1H,2-4H2. The predicted octanol–water partition coefficient (Wildman–Crippen LogP) is 1.90. The van der Waals surface area contributed by atoms with Gasteiger partial charge >= 0.3 is 11.4 Å². The van der Waals surface area contributed by atoms with Crippen LogP contribution in [0.2, 0.25) is 0 Å². The Morgan fingerprint density at radius 1 is 1.50 bits per heavy atom. The third-order valence-electron chi connectivity index (χ3n) is 2.08. The molecule has 0 N–H and O–H groups in total. The molecule has 0 unspecified atom stereocenters. The molecular formula is C8H7Cl2N3O3. The molecular weight excluding hydrogens is 257 g/mol. The molecule has 0 atom stereocenters. The molecule has 3 amide bonds. The Bertz CT molecular complexity index is 407. The number of rotatable bonds is 1. The van der Waals surface area contributed by atoms with Gasteiger partial charge in [-0.1, -0.05) is 0 Å². The van der Waals surface area contributed by atoms with Crippen LogP contribution in [0.4, 0.5) is 9.59 Å². The highest BCUT2D eigenvalue weighted by molar-refractivity contribution is 6.64. The van der Waals surface area contributed by atoms with Crippen LogP contribution in [0.25, 0.3) is 0 Å². The van der Waals surface area contributed by atoms with Crippen molar-refractivity contribution in [3.63, 3.8) is 0 Å². The zero-order valence-corrected chi connectivity index (χ0v) is 9.53. The second kappa shape index (κ2) is 4.31. The number of halogens is 2. The number of nitrogens with zero attached hydrogens (tertiary/aromatic N) is 3. The van der Waals surface area contributed by atoms with Gasteiger partial charge in [0.05, 0.1) is 13.1 Å². The Morgan fingerprint density at radius 3 is 2.75 bits per heavy atom. The third kappa shape index (κ3) is 2.12.